The highest BCUT2D eigenvalue weighted by Crippen LogP contribution is 2.33. The van der Waals surface area contributed by atoms with E-state index < -0.39 is 5.97 Å². The molecule has 0 radical (unpaired) electrons. The predicted molar refractivity (Wildman–Crippen MR) is 96.9 cm³/mol. The normalized spacial score (nSPS) is 26.6. The van der Waals surface area contributed by atoms with E-state index in [0.29, 0.717) is 5.75 Å². The summed E-state index contributed by atoms with van der Waals surface area (Å²) in [6.45, 7) is 4.05. The summed E-state index contributed by atoms with van der Waals surface area (Å²) in [5, 5.41) is 9.71. The second kappa shape index (κ2) is 9.41. The smallest absolute Gasteiger partial charge is 0.280 e. The molecule has 1 N–H and O–H groups in total. The molecule has 0 spiro atoms. The van der Waals surface area contributed by atoms with Crippen LogP contribution in [0.5, 0.6) is 11.5 Å². The summed E-state index contributed by atoms with van der Waals surface area (Å²) >= 11 is 0. The highest BCUT2D eigenvalue weighted by Gasteiger charge is 2.38. The molecule has 1 aliphatic heterocycles. The molecule has 5 heteroatoms. The van der Waals surface area contributed by atoms with Gasteiger partial charge in [-0.2, -0.15) is 0 Å². The Morgan fingerprint density at radius 3 is 2.52 bits per heavy atom. The van der Waals surface area contributed by atoms with Gasteiger partial charge >= 0.3 is 0 Å². The summed E-state index contributed by atoms with van der Waals surface area (Å²) in [6.07, 6.45) is 7.51. The number of hydrogen-bond donors (Lipinski definition) is 1. The van der Waals surface area contributed by atoms with Crippen LogP contribution < -0.4 is 4.74 Å². The van der Waals surface area contributed by atoms with Gasteiger partial charge in [0.1, 0.15) is 0 Å². The van der Waals surface area contributed by atoms with E-state index in [-0.39, 0.29) is 18.0 Å². The molecule has 142 valence electrons. The number of benzene rings is 1. The van der Waals surface area contributed by atoms with Crippen LogP contribution in [-0.2, 0) is 20.6 Å². The van der Waals surface area contributed by atoms with E-state index in [1.165, 1.54) is 19.3 Å². The van der Waals surface area contributed by atoms with Crippen molar-refractivity contribution in [1.82, 2.24) is 0 Å². The zero-order valence-electron chi connectivity index (χ0n) is 15.9. The predicted octanol–water partition coefficient (Wildman–Crippen LogP) is 4.41. The Bertz CT molecular complexity index is 533. The van der Waals surface area contributed by atoms with E-state index in [4.69, 9.17) is 18.9 Å². The first-order valence-corrected chi connectivity index (χ1v) is 9.26. The molecule has 0 bridgehead atoms. The first kappa shape index (κ1) is 20.0. The van der Waals surface area contributed by atoms with Crippen LogP contribution in [0.1, 0.15) is 57.9 Å². The SMILES string of the molecule is CCCCC[C@@H]1C[C@@H](CCc2ccc(O)c(OC)c2)O[C@@](C)(OC)O1. The minimum atomic E-state index is -0.966. The monoisotopic (exact) mass is 352 g/mol. The van der Waals surface area contributed by atoms with Crippen molar-refractivity contribution in [3.63, 3.8) is 0 Å². The molecular weight excluding hydrogens is 320 g/mol. The van der Waals surface area contributed by atoms with Crippen molar-refractivity contribution in [3.8, 4) is 11.5 Å². The molecule has 0 aromatic heterocycles. The molecule has 1 fully saturated rings. The van der Waals surface area contributed by atoms with E-state index in [1.54, 1.807) is 20.3 Å². The minimum absolute atomic E-state index is 0.0881. The fraction of sp³-hybridized carbons (Fsp3) is 0.700. The number of hydrogen-bond acceptors (Lipinski definition) is 5. The van der Waals surface area contributed by atoms with Gasteiger partial charge in [-0.05, 0) is 37.0 Å². The fourth-order valence-corrected chi connectivity index (χ4v) is 3.30. The molecule has 1 aromatic rings. The van der Waals surface area contributed by atoms with Crippen molar-refractivity contribution >= 4 is 0 Å². The summed E-state index contributed by atoms with van der Waals surface area (Å²) in [5.41, 5.74) is 1.12. The Morgan fingerprint density at radius 1 is 1.16 bits per heavy atom. The van der Waals surface area contributed by atoms with Crippen LogP contribution in [0.25, 0.3) is 0 Å². The Kier molecular flexibility index (Phi) is 7.54. The van der Waals surface area contributed by atoms with Crippen molar-refractivity contribution in [3.05, 3.63) is 23.8 Å². The van der Waals surface area contributed by atoms with Crippen molar-refractivity contribution in [1.29, 1.82) is 0 Å². The Labute approximate surface area is 151 Å². The third-order valence-electron chi connectivity index (χ3n) is 4.79. The molecule has 0 aliphatic carbocycles. The van der Waals surface area contributed by atoms with Gasteiger partial charge in [-0.15, -0.1) is 0 Å². The topological polar surface area (TPSA) is 57.2 Å². The van der Waals surface area contributed by atoms with Gasteiger partial charge in [-0.3, -0.25) is 0 Å². The van der Waals surface area contributed by atoms with Gasteiger partial charge in [0.2, 0.25) is 0 Å². The quantitative estimate of drug-likeness (QED) is 0.667. The highest BCUT2D eigenvalue weighted by molar-refractivity contribution is 5.41. The maximum absolute atomic E-state index is 9.71. The van der Waals surface area contributed by atoms with Crippen LogP contribution in [0.3, 0.4) is 0 Å². The molecule has 0 unspecified atom stereocenters. The number of phenolic OH excluding ortho intramolecular Hbond substituents is 1. The summed E-state index contributed by atoms with van der Waals surface area (Å²) in [5.74, 6) is -0.298. The minimum Gasteiger partial charge on any atom is -0.504 e. The van der Waals surface area contributed by atoms with Crippen molar-refractivity contribution < 1.29 is 24.1 Å². The lowest BCUT2D eigenvalue weighted by Crippen LogP contribution is -2.48. The molecular formula is C20H32O5. The lowest BCUT2D eigenvalue weighted by molar-refractivity contribution is -0.416. The summed E-state index contributed by atoms with van der Waals surface area (Å²) < 4.78 is 22.7. The number of methoxy groups -OCH3 is 2. The number of aryl methyl sites for hydroxylation is 1. The molecule has 1 saturated heterocycles. The molecule has 1 aliphatic rings. The van der Waals surface area contributed by atoms with Crippen molar-refractivity contribution in [2.75, 3.05) is 14.2 Å². The third kappa shape index (κ3) is 5.87. The lowest BCUT2D eigenvalue weighted by Gasteiger charge is -2.41. The standard InChI is InChI=1S/C20H32O5/c1-5-6-7-8-16-14-17(25-20(2,23-4)24-16)11-9-15-10-12-18(21)19(13-15)22-3/h10,12-13,16-17,21H,5-9,11,14H2,1-4H3/t16-,17-,20+/m1/s1. The molecule has 2 rings (SSSR count). The summed E-state index contributed by atoms with van der Waals surface area (Å²) in [4.78, 5) is 0. The van der Waals surface area contributed by atoms with E-state index in [9.17, 15) is 5.11 Å². The number of phenols is 1. The maximum Gasteiger partial charge on any atom is 0.280 e. The van der Waals surface area contributed by atoms with Crippen molar-refractivity contribution in [2.24, 2.45) is 0 Å². The first-order valence-electron chi connectivity index (χ1n) is 9.26. The average molecular weight is 352 g/mol. The largest absolute Gasteiger partial charge is 0.504 e. The molecule has 25 heavy (non-hydrogen) atoms. The van der Waals surface area contributed by atoms with Gasteiger partial charge in [-0.25, -0.2) is 0 Å². The molecule has 0 saturated carbocycles. The van der Waals surface area contributed by atoms with Crippen LogP contribution in [0, 0.1) is 0 Å². The van der Waals surface area contributed by atoms with Gasteiger partial charge in [-0.1, -0.05) is 32.3 Å². The van der Waals surface area contributed by atoms with Gasteiger partial charge in [0, 0.05) is 20.5 Å². The second-order valence-electron chi connectivity index (χ2n) is 6.82. The van der Waals surface area contributed by atoms with Gasteiger partial charge in [0.05, 0.1) is 19.3 Å². The highest BCUT2D eigenvalue weighted by atomic mass is 16.9. The lowest BCUT2D eigenvalue weighted by atomic mass is 9.98. The molecule has 1 heterocycles. The zero-order chi connectivity index (χ0) is 18.3. The number of aromatic hydroxyl groups is 1. The van der Waals surface area contributed by atoms with E-state index >= 15 is 0 Å². The van der Waals surface area contributed by atoms with Gasteiger partial charge in [0.25, 0.3) is 5.97 Å². The average Bonchev–Trinajstić information content (AvgIpc) is 2.61. The van der Waals surface area contributed by atoms with Crippen LogP contribution in [0.4, 0.5) is 0 Å². The number of ether oxygens (including phenoxy) is 4. The third-order valence-corrected chi connectivity index (χ3v) is 4.79. The number of rotatable bonds is 9. The molecule has 0 amide bonds. The van der Waals surface area contributed by atoms with E-state index in [0.717, 1.165) is 31.2 Å². The molecule has 5 nitrogen and oxygen atoms in total. The second-order valence-corrected chi connectivity index (χ2v) is 6.82. The Morgan fingerprint density at radius 2 is 1.88 bits per heavy atom. The molecule has 3 atom stereocenters. The molecule has 1 aromatic carbocycles. The maximum atomic E-state index is 9.71. The van der Waals surface area contributed by atoms with Crippen LogP contribution in [0.2, 0.25) is 0 Å². The van der Waals surface area contributed by atoms with Crippen molar-refractivity contribution in [2.45, 2.75) is 77.0 Å². The summed E-state index contributed by atoms with van der Waals surface area (Å²) in [7, 11) is 3.18. The fourth-order valence-electron chi connectivity index (χ4n) is 3.30. The zero-order valence-corrected chi connectivity index (χ0v) is 15.9. The van der Waals surface area contributed by atoms with E-state index in [1.807, 2.05) is 19.1 Å². The van der Waals surface area contributed by atoms with Gasteiger partial charge in [0.15, 0.2) is 11.5 Å². The van der Waals surface area contributed by atoms with Crippen LogP contribution in [0.15, 0.2) is 18.2 Å². The van der Waals surface area contributed by atoms with Gasteiger partial charge < -0.3 is 24.1 Å². The van der Waals surface area contributed by atoms with Crippen LogP contribution in [-0.4, -0.2) is 37.5 Å². The summed E-state index contributed by atoms with van der Waals surface area (Å²) in [6, 6.07) is 5.47. The Balaban J connectivity index is 1.94. The van der Waals surface area contributed by atoms with Crippen LogP contribution >= 0.6 is 0 Å². The Hall–Kier alpha value is -1.30. The number of unbranched alkanes of at least 4 members (excludes halogenated alkanes) is 2. The first-order chi connectivity index (χ1) is 12.0. The van der Waals surface area contributed by atoms with E-state index in [2.05, 4.69) is 6.92 Å².